The molecule has 1 aromatic rings. The van der Waals surface area contributed by atoms with E-state index in [2.05, 4.69) is 10.3 Å². The zero-order valence-electron chi connectivity index (χ0n) is 17.7. The van der Waals surface area contributed by atoms with Crippen molar-refractivity contribution in [1.82, 2.24) is 15.1 Å². The van der Waals surface area contributed by atoms with Crippen LogP contribution < -0.4 is 5.32 Å². The fourth-order valence-electron chi connectivity index (χ4n) is 3.35. The van der Waals surface area contributed by atoms with Crippen LogP contribution in [0.1, 0.15) is 27.2 Å². The van der Waals surface area contributed by atoms with Crippen LogP contribution >= 0.6 is 0 Å². The Morgan fingerprint density at radius 3 is 2.23 bits per heavy atom. The Kier molecular flexibility index (Phi) is 8.54. The standard InChI is InChI=1S/C20H31F3N4O2S/c1-4-17(15-30(28,29)18-9-7-6-8-10-18)25-19(24-5-2)27-13-11-26(12-14-27)16(3)20(21,22)23/h6-10,16-17H,4-5,11-15H2,1-3H3,(H,24,25). The predicted molar refractivity (Wildman–Crippen MR) is 112 cm³/mol. The second-order valence-corrected chi connectivity index (χ2v) is 9.42. The molecule has 6 nitrogen and oxygen atoms in total. The molecule has 30 heavy (non-hydrogen) atoms. The van der Waals surface area contributed by atoms with E-state index in [0.29, 0.717) is 32.0 Å². The van der Waals surface area contributed by atoms with Crippen LogP contribution in [0, 0.1) is 0 Å². The second-order valence-electron chi connectivity index (χ2n) is 7.38. The Bertz CT molecular complexity index is 792. The minimum Gasteiger partial charge on any atom is -0.352 e. The lowest BCUT2D eigenvalue weighted by molar-refractivity contribution is -0.181. The van der Waals surface area contributed by atoms with Crippen LogP contribution in [0.25, 0.3) is 0 Å². The van der Waals surface area contributed by atoms with Crippen LogP contribution in [-0.4, -0.2) is 80.9 Å². The number of hydrogen-bond acceptors (Lipinski definition) is 4. The number of aliphatic imine (C=N–C) groups is 1. The molecule has 0 aromatic heterocycles. The molecule has 1 N–H and O–H groups in total. The minimum absolute atomic E-state index is 0.0820. The first-order valence-electron chi connectivity index (χ1n) is 10.2. The molecule has 0 bridgehead atoms. The Morgan fingerprint density at radius 1 is 1.13 bits per heavy atom. The Balaban J connectivity index is 2.03. The van der Waals surface area contributed by atoms with Gasteiger partial charge < -0.3 is 10.2 Å². The number of guanidine groups is 1. The third-order valence-corrected chi connectivity index (χ3v) is 7.12. The summed E-state index contributed by atoms with van der Waals surface area (Å²) in [5.74, 6) is 0.466. The summed E-state index contributed by atoms with van der Waals surface area (Å²) in [6.45, 7) is 6.76. The number of nitrogens with zero attached hydrogens (tertiary/aromatic N) is 3. The molecule has 1 aromatic carbocycles. The molecular formula is C20H31F3N4O2S. The predicted octanol–water partition coefficient (Wildman–Crippen LogP) is 2.77. The number of nitrogens with one attached hydrogen (secondary N) is 1. The highest BCUT2D eigenvalue weighted by Gasteiger charge is 2.41. The van der Waals surface area contributed by atoms with E-state index in [1.54, 1.807) is 30.3 Å². The van der Waals surface area contributed by atoms with Gasteiger partial charge in [-0.05, 0) is 32.4 Å². The lowest BCUT2D eigenvalue weighted by atomic mass is 10.2. The molecule has 0 aliphatic carbocycles. The highest BCUT2D eigenvalue weighted by molar-refractivity contribution is 7.91. The highest BCUT2D eigenvalue weighted by Crippen LogP contribution is 2.25. The van der Waals surface area contributed by atoms with E-state index in [4.69, 9.17) is 0 Å². The van der Waals surface area contributed by atoms with Gasteiger partial charge in [0.05, 0.1) is 10.6 Å². The zero-order chi connectivity index (χ0) is 22.4. The van der Waals surface area contributed by atoms with Crippen LogP contribution in [-0.2, 0) is 9.84 Å². The molecule has 1 aliphatic heterocycles. The fourth-order valence-corrected chi connectivity index (χ4v) is 4.96. The molecule has 170 valence electrons. The van der Waals surface area contributed by atoms with Gasteiger partial charge >= 0.3 is 6.18 Å². The molecule has 10 heteroatoms. The van der Waals surface area contributed by atoms with E-state index in [9.17, 15) is 21.6 Å². The van der Waals surface area contributed by atoms with Gasteiger partial charge in [0, 0.05) is 38.8 Å². The van der Waals surface area contributed by atoms with Crippen LogP contribution in [0.4, 0.5) is 13.2 Å². The number of alkyl halides is 3. The molecular weight excluding hydrogens is 417 g/mol. The monoisotopic (exact) mass is 448 g/mol. The van der Waals surface area contributed by atoms with Crippen molar-refractivity contribution in [3.05, 3.63) is 30.3 Å². The Morgan fingerprint density at radius 2 is 1.73 bits per heavy atom. The van der Waals surface area contributed by atoms with Crippen molar-refractivity contribution in [1.29, 1.82) is 0 Å². The molecule has 1 fully saturated rings. The van der Waals surface area contributed by atoms with E-state index in [1.807, 2.05) is 18.7 Å². The van der Waals surface area contributed by atoms with Gasteiger partial charge in [0.15, 0.2) is 15.8 Å². The third-order valence-electron chi connectivity index (χ3n) is 5.29. The number of rotatable bonds is 7. The van der Waals surface area contributed by atoms with E-state index in [0.717, 1.165) is 0 Å². The first-order chi connectivity index (χ1) is 14.1. The third kappa shape index (κ3) is 6.60. The van der Waals surface area contributed by atoms with E-state index < -0.39 is 22.1 Å². The lowest BCUT2D eigenvalue weighted by Crippen LogP contribution is -2.58. The first-order valence-corrected chi connectivity index (χ1v) is 11.9. The van der Waals surface area contributed by atoms with E-state index in [-0.39, 0.29) is 29.8 Å². The van der Waals surface area contributed by atoms with Crippen molar-refractivity contribution >= 4 is 15.8 Å². The number of sulfone groups is 1. The number of halogens is 3. The van der Waals surface area contributed by atoms with Crippen LogP contribution in [0.2, 0.25) is 0 Å². The van der Waals surface area contributed by atoms with Crippen molar-refractivity contribution in [3.8, 4) is 0 Å². The minimum atomic E-state index is -4.25. The largest absolute Gasteiger partial charge is 0.403 e. The van der Waals surface area contributed by atoms with Gasteiger partial charge in [-0.15, -0.1) is 0 Å². The SMILES string of the molecule is CCN=C(NC(CC)CS(=O)(=O)c1ccccc1)N1CCN(C(C)C(F)(F)F)CC1. The first kappa shape index (κ1) is 24.5. The summed E-state index contributed by atoms with van der Waals surface area (Å²) in [6.07, 6.45) is -3.68. The average Bonchev–Trinajstić information content (AvgIpc) is 2.72. The number of benzene rings is 1. The van der Waals surface area contributed by atoms with Crippen molar-refractivity contribution < 1.29 is 21.6 Å². The number of hydrogen-bond donors (Lipinski definition) is 1. The molecule has 2 rings (SSSR count). The Hall–Kier alpha value is -1.81. The average molecular weight is 449 g/mol. The van der Waals surface area contributed by atoms with E-state index in [1.165, 1.54) is 11.8 Å². The van der Waals surface area contributed by atoms with Gasteiger partial charge in [-0.3, -0.25) is 9.89 Å². The molecule has 0 saturated carbocycles. The van der Waals surface area contributed by atoms with Crippen molar-refractivity contribution in [2.75, 3.05) is 38.5 Å². The quantitative estimate of drug-likeness (QED) is 0.513. The lowest BCUT2D eigenvalue weighted by Gasteiger charge is -2.40. The normalized spacial score (nSPS) is 18.9. The van der Waals surface area contributed by atoms with Crippen LogP contribution in [0.15, 0.2) is 40.2 Å². The van der Waals surface area contributed by atoms with Gasteiger partial charge in [-0.25, -0.2) is 8.42 Å². The molecule has 1 aliphatic rings. The highest BCUT2D eigenvalue weighted by atomic mass is 32.2. The van der Waals surface area contributed by atoms with Gasteiger partial charge in [-0.1, -0.05) is 25.1 Å². The Labute approximate surface area is 177 Å². The molecule has 1 heterocycles. The van der Waals surface area contributed by atoms with Gasteiger partial charge in [0.1, 0.15) is 6.04 Å². The van der Waals surface area contributed by atoms with Crippen molar-refractivity contribution in [3.63, 3.8) is 0 Å². The van der Waals surface area contributed by atoms with Crippen molar-refractivity contribution in [2.45, 2.75) is 50.3 Å². The molecule has 1 saturated heterocycles. The zero-order valence-corrected chi connectivity index (χ0v) is 18.5. The summed E-state index contributed by atoms with van der Waals surface area (Å²) >= 11 is 0. The summed E-state index contributed by atoms with van der Waals surface area (Å²) < 4.78 is 64.4. The molecule has 0 amide bonds. The summed E-state index contributed by atoms with van der Waals surface area (Å²) in [6, 6.07) is 6.44. The summed E-state index contributed by atoms with van der Waals surface area (Å²) in [7, 11) is -3.47. The maximum atomic E-state index is 13.0. The second kappa shape index (κ2) is 10.5. The van der Waals surface area contributed by atoms with E-state index >= 15 is 0 Å². The molecule has 0 spiro atoms. The number of piperazine rings is 1. The molecule has 2 atom stereocenters. The fraction of sp³-hybridized carbons (Fsp3) is 0.650. The molecule has 2 unspecified atom stereocenters. The maximum absolute atomic E-state index is 13.0. The summed E-state index contributed by atoms with van der Waals surface area (Å²) in [5.41, 5.74) is 0. The molecule has 0 radical (unpaired) electrons. The van der Waals surface area contributed by atoms with Gasteiger partial charge in [0.2, 0.25) is 0 Å². The van der Waals surface area contributed by atoms with Gasteiger partial charge in [0.25, 0.3) is 0 Å². The van der Waals surface area contributed by atoms with Crippen LogP contribution in [0.5, 0.6) is 0 Å². The van der Waals surface area contributed by atoms with Crippen molar-refractivity contribution in [2.24, 2.45) is 4.99 Å². The van der Waals surface area contributed by atoms with Gasteiger partial charge in [-0.2, -0.15) is 13.2 Å². The smallest absolute Gasteiger partial charge is 0.352 e. The summed E-state index contributed by atoms with van der Waals surface area (Å²) in [4.78, 5) is 8.04. The topological polar surface area (TPSA) is 65.0 Å². The van der Waals surface area contributed by atoms with Crippen LogP contribution in [0.3, 0.4) is 0 Å². The summed E-state index contributed by atoms with van der Waals surface area (Å²) in [5, 5.41) is 3.23. The maximum Gasteiger partial charge on any atom is 0.403 e.